The fourth-order valence-corrected chi connectivity index (χ4v) is 2.56. The Labute approximate surface area is 86.9 Å². The summed E-state index contributed by atoms with van der Waals surface area (Å²) in [7, 11) is 0. The van der Waals surface area contributed by atoms with Crippen LogP contribution in [0.15, 0.2) is 12.3 Å². The van der Waals surface area contributed by atoms with E-state index in [1.807, 2.05) is 13.0 Å². The van der Waals surface area contributed by atoms with Crippen molar-refractivity contribution in [2.45, 2.75) is 13.5 Å². The first-order valence-electron chi connectivity index (χ1n) is 3.68. The number of hydrogen-bond donors (Lipinski definition) is 1. The Hall–Kier alpha value is -0.0200. The van der Waals surface area contributed by atoms with Gasteiger partial charge in [-0.2, -0.15) is 4.52 Å². The molecule has 1 aromatic rings. The van der Waals surface area contributed by atoms with Gasteiger partial charge in [0, 0.05) is 6.20 Å². The molecule has 0 fully saturated rings. The average molecular weight is 237 g/mol. The fraction of sp³-hybridized carbons (Fsp3) is 0.286. The summed E-state index contributed by atoms with van der Waals surface area (Å²) in [4.78, 5) is 4.11. The van der Waals surface area contributed by atoms with E-state index in [2.05, 4.69) is 17.2 Å². The maximum Gasteiger partial charge on any atom is 0.481 e. The number of rotatable bonds is 0. The molecule has 0 aromatic carbocycles. The van der Waals surface area contributed by atoms with E-state index < -0.39 is 6.27 Å². The van der Waals surface area contributed by atoms with E-state index in [0.29, 0.717) is 12.5 Å². The predicted octanol–water partition coefficient (Wildman–Crippen LogP) is 3.15. The van der Waals surface area contributed by atoms with Crippen molar-refractivity contribution in [2.75, 3.05) is 0 Å². The van der Waals surface area contributed by atoms with Crippen molar-refractivity contribution in [1.82, 2.24) is 4.98 Å². The van der Waals surface area contributed by atoms with Gasteiger partial charge in [-0.15, -0.1) is 0 Å². The van der Waals surface area contributed by atoms with Gasteiger partial charge >= 0.3 is 6.27 Å². The second-order valence-electron chi connectivity index (χ2n) is 2.79. The minimum Gasteiger partial charge on any atom is -0.267 e. The van der Waals surface area contributed by atoms with Crippen LogP contribution in [0.1, 0.15) is 11.1 Å². The van der Waals surface area contributed by atoms with Crippen LogP contribution in [0, 0.1) is 6.92 Å². The van der Waals surface area contributed by atoms with Gasteiger partial charge in [-0.25, -0.2) is 4.98 Å². The van der Waals surface area contributed by atoms with Crippen LogP contribution in [0.5, 0.6) is 5.88 Å². The molecule has 0 saturated carbocycles. The zero-order chi connectivity index (χ0) is 9.47. The standard InChI is InChI=1S/C7H8ClNO2PS/c1-5-2-6-4-10-12(8,13)11-7(6)9-3-5/h2-3,13H,4H2,1H3/q+1. The zero-order valence-corrected chi connectivity index (χ0v) is 9.44. The monoisotopic (exact) mass is 236 g/mol. The number of hydrogen-bond acceptors (Lipinski definition) is 4. The minimum atomic E-state index is -2.48. The van der Waals surface area contributed by atoms with Crippen LogP contribution in [0.25, 0.3) is 0 Å². The first-order valence-corrected chi connectivity index (χ1v) is 7.36. The zero-order valence-electron chi connectivity index (χ0n) is 6.90. The molecule has 0 N–H and O–H groups in total. The summed E-state index contributed by atoms with van der Waals surface area (Å²) < 4.78 is 10.5. The highest BCUT2D eigenvalue weighted by Crippen LogP contribution is 2.71. The van der Waals surface area contributed by atoms with Gasteiger partial charge in [0.2, 0.25) is 0 Å². The van der Waals surface area contributed by atoms with E-state index in [1.165, 1.54) is 0 Å². The second-order valence-corrected chi connectivity index (χ2v) is 7.76. The number of halogens is 1. The molecule has 1 aliphatic heterocycles. The van der Waals surface area contributed by atoms with Crippen molar-refractivity contribution in [3.8, 4) is 5.88 Å². The number of pyridine rings is 1. The topological polar surface area (TPSA) is 31.4 Å². The van der Waals surface area contributed by atoms with Crippen LogP contribution in [-0.2, 0) is 11.1 Å². The number of aromatic nitrogens is 1. The molecular formula is C7H8ClNO2PS+. The molecule has 1 atom stereocenters. The van der Waals surface area contributed by atoms with E-state index in [-0.39, 0.29) is 0 Å². The fourth-order valence-electron chi connectivity index (χ4n) is 1.08. The third kappa shape index (κ3) is 2.08. The largest absolute Gasteiger partial charge is 0.481 e. The van der Waals surface area contributed by atoms with E-state index in [0.717, 1.165) is 11.1 Å². The molecular weight excluding hydrogens is 229 g/mol. The van der Waals surface area contributed by atoms with Crippen molar-refractivity contribution in [3.63, 3.8) is 0 Å². The number of thiol groups is 1. The Balaban J connectivity index is 2.37. The van der Waals surface area contributed by atoms with Gasteiger partial charge in [-0.1, -0.05) is 0 Å². The molecule has 1 unspecified atom stereocenters. The van der Waals surface area contributed by atoms with Crippen LogP contribution in [0.3, 0.4) is 0 Å². The highest BCUT2D eigenvalue weighted by molar-refractivity contribution is 8.58. The van der Waals surface area contributed by atoms with Crippen LogP contribution >= 0.6 is 29.8 Å². The molecule has 2 heterocycles. The third-order valence-electron chi connectivity index (χ3n) is 1.64. The van der Waals surface area contributed by atoms with E-state index >= 15 is 0 Å². The van der Waals surface area contributed by atoms with Crippen molar-refractivity contribution in [1.29, 1.82) is 0 Å². The Morgan fingerprint density at radius 3 is 3.23 bits per heavy atom. The maximum atomic E-state index is 5.83. The van der Waals surface area contributed by atoms with Gasteiger partial charge < -0.3 is 0 Å². The third-order valence-corrected chi connectivity index (χ3v) is 3.58. The molecule has 6 heteroatoms. The first kappa shape index (κ1) is 9.53. The molecule has 0 bridgehead atoms. The summed E-state index contributed by atoms with van der Waals surface area (Å²) in [5.74, 6) is 0.537. The molecule has 0 radical (unpaired) electrons. The normalized spacial score (nSPS) is 26.4. The van der Waals surface area contributed by atoms with Crippen LogP contribution in [0.2, 0.25) is 0 Å². The number of fused-ring (bicyclic) bond motifs is 1. The minimum absolute atomic E-state index is 0.421. The molecule has 1 aliphatic rings. The Morgan fingerprint density at radius 1 is 1.69 bits per heavy atom. The van der Waals surface area contributed by atoms with Gasteiger partial charge in [-0.05, 0) is 18.6 Å². The highest BCUT2D eigenvalue weighted by atomic mass is 35.7. The molecule has 70 valence electrons. The predicted molar refractivity (Wildman–Crippen MR) is 56.2 cm³/mol. The van der Waals surface area contributed by atoms with Gasteiger partial charge in [0.15, 0.2) is 11.2 Å². The summed E-state index contributed by atoms with van der Waals surface area (Å²) in [5, 5.41) is 0. The van der Waals surface area contributed by atoms with Crippen molar-refractivity contribution in [2.24, 2.45) is 0 Å². The Kier molecular flexibility index (Phi) is 2.41. The molecule has 0 aliphatic carbocycles. The van der Waals surface area contributed by atoms with Crippen LogP contribution in [0.4, 0.5) is 0 Å². The van der Waals surface area contributed by atoms with E-state index in [9.17, 15) is 0 Å². The summed E-state index contributed by atoms with van der Waals surface area (Å²) in [6.07, 6.45) is -0.749. The quantitative estimate of drug-likeness (QED) is 0.555. The van der Waals surface area contributed by atoms with Crippen molar-refractivity contribution >= 4 is 29.8 Å². The first-order chi connectivity index (χ1) is 6.07. The Morgan fingerprint density at radius 2 is 2.46 bits per heavy atom. The second kappa shape index (κ2) is 3.28. The molecule has 0 saturated heterocycles. The van der Waals surface area contributed by atoms with Crippen molar-refractivity contribution in [3.05, 3.63) is 23.4 Å². The molecule has 1 aromatic heterocycles. The van der Waals surface area contributed by atoms with Crippen LogP contribution in [-0.4, -0.2) is 4.98 Å². The van der Waals surface area contributed by atoms with Gasteiger partial charge in [-0.3, -0.25) is 4.52 Å². The van der Waals surface area contributed by atoms with Crippen LogP contribution < -0.4 is 4.52 Å². The van der Waals surface area contributed by atoms with Gasteiger partial charge in [0.05, 0.1) is 17.8 Å². The molecule has 13 heavy (non-hydrogen) atoms. The average Bonchev–Trinajstić information content (AvgIpc) is 2.05. The number of aryl methyl sites for hydroxylation is 1. The summed E-state index contributed by atoms with van der Waals surface area (Å²) in [6.45, 7) is 2.39. The smallest absolute Gasteiger partial charge is 0.267 e. The molecule has 0 amide bonds. The molecule has 3 nitrogen and oxygen atoms in total. The summed E-state index contributed by atoms with van der Waals surface area (Å²) in [5.41, 5.74) is 2.00. The summed E-state index contributed by atoms with van der Waals surface area (Å²) in [6, 6.07) is 1.96. The number of nitrogens with zero attached hydrogens (tertiary/aromatic N) is 1. The SMILES string of the molecule is Cc1cnc2c(c1)CO[P+](S)(Cl)O2. The van der Waals surface area contributed by atoms with E-state index in [4.69, 9.17) is 20.3 Å². The lowest BCUT2D eigenvalue weighted by Crippen LogP contribution is -2.07. The lowest BCUT2D eigenvalue weighted by atomic mass is 10.2. The Bertz CT molecular complexity index is 347. The highest BCUT2D eigenvalue weighted by Gasteiger charge is 2.44. The van der Waals surface area contributed by atoms with E-state index in [1.54, 1.807) is 6.20 Å². The summed E-state index contributed by atoms with van der Waals surface area (Å²) >= 11 is 9.89. The lowest BCUT2D eigenvalue weighted by molar-refractivity contribution is 0.279. The van der Waals surface area contributed by atoms with Crippen molar-refractivity contribution < 1.29 is 9.05 Å². The molecule has 2 rings (SSSR count). The van der Waals surface area contributed by atoms with Gasteiger partial charge in [0.25, 0.3) is 5.88 Å². The molecule has 0 spiro atoms. The maximum absolute atomic E-state index is 5.83. The lowest BCUT2D eigenvalue weighted by Gasteiger charge is -2.17. The van der Waals surface area contributed by atoms with Gasteiger partial charge in [0.1, 0.15) is 6.61 Å².